The topological polar surface area (TPSA) is 61.7 Å². The van der Waals surface area contributed by atoms with E-state index >= 15 is 0 Å². The first-order chi connectivity index (χ1) is 9.68. The molecule has 1 aromatic carbocycles. The van der Waals surface area contributed by atoms with Gasteiger partial charge in [-0.3, -0.25) is 0 Å². The SMILES string of the molecule is CC(NCCOC1CCCCC1)c1c(O)cccc1O. The molecule has 0 aliphatic heterocycles. The van der Waals surface area contributed by atoms with Crippen LogP contribution >= 0.6 is 0 Å². The molecule has 1 aliphatic carbocycles. The third kappa shape index (κ3) is 4.12. The van der Waals surface area contributed by atoms with Crippen LogP contribution in [0.15, 0.2) is 18.2 Å². The summed E-state index contributed by atoms with van der Waals surface area (Å²) in [5, 5.41) is 22.9. The normalized spacial score (nSPS) is 18.1. The molecule has 3 N–H and O–H groups in total. The average Bonchev–Trinajstić information content (AvgIpc) is 2.44. The Bertz CT molecular complexity index is 396. The van der Waals surface area contributed by atoms with E-state index in [0.717, 1.165) is 0 Å². The molecule has 112 valence electrons. The molecule has 0 heterocycles. The Labute approximate surface area is 120 Å². The predicted octanol–water partition coefficient (Wildman–Crippen LogP) is 3.10. The zero-order valence-electron chi connectivity index (χ0n) is 12.1. The van der Waals surface area contributed by atoms with Crippen molar-refractivity contribution in [3.05, 3.63) is 23.8 Å². The van der Waals surface area contributed by atoms with Gasteiger partial charge in [0.05, 0.1) is 18.3 Å². The maximum atomic E-state index is 9.79. The molecule has 0 amide bonds. The first-order valence-corrected chi connectivity index (χ1v) is 7.54. The summed E-state index contributed by atoms with van der Waals surface area (Å²) < 4.78 is 5.84. The van der Waals surface area contributed by atoms with Gasteiger partial charge in [-0.1, -0.05) is 25.3 Å². The maximum absolute atomic E-state index is 9.79. The Morgan fingerprint density at radius 1 is 1.20 bits per heavy atom. The summed E-state index contributed by atoms with van der Waals surface area (Å²) in [5.41, 5.74) is 0.546. The summed E-state index contributed by atoms with van der Waals surface area (Å²) in [5.74, 6) is 0.247. The highest BCUT2D eigenvalue weighted by Crippen LogP contribution is 2.31. The monoisotopic (exact) mass is 279 g/mol. The summed E-state index contributed by atoms with van der Waals surface area (Å²) in [4.78, 5) is 0. The third-order valence-corrected chi connectivity index (χ3v) is 3.95. The minimum atomic E-state index is -0.105. The van der Waals surface area contributed by atoms with Crippen LogP contribution < -0.4 is 5.32 Å². The highest BCUT2D eigenvalue weighted by Gasteiger charge is 2.15. The number of hydrogen-bond donors (Lipinski definition) is 3. The van der Waals surface area contributed by atoms with Gasteiger partial charge in [0, 0.05) is 12.6 Å². The van der Waals surface area contributed by atoms with Crippen molar-refractivity contribution in [1.82, 2.24) is 5.32 Å². The lowest BCUT2D eigenvalue weighted by atomic mass is 9.98. The maximum Gasteiger partial charge on any atom is 0.124 e. The zero-order valence-corrected chi connectivity index (χ0v) is 12.1. The second-order valence-electron chi connectivity index (χ2n) is 5.52. The van der Waals surface area contributed by atoms with Crippen LogP contribution in [0, 0.1) is 0 Å². The molecule has 4 nitrogen and oxygen atoms in total. The molecule has 1 saturated carbocycles. The fourth-order valence-corrected chi connectivity index (χ4v) is 2.82. The number of phenolic OH excluding ortho intramolecular Hbond substituents is 2. The van der Waals surface area contributed by atoms with Gasteiger partial charge in [0.25, 0.3) is 0 Å². The molecule has 0 spiro atoms. The molecule has 1 unspecified atom stereocenters. The van der Waals surface area contributed by atoms with Crippen molar-refractivity contribution in [3.8, 4) is 11.5 Å². The molecule has 1 aliphatic rings. The van der Waals surface area contributed by atoms with E-state index in [1.54, 1.807) is 18.2 Å². The first kappa shape index (κ1) is 15.1. The molecule has 2 rings (SSSR count). The molecule has 0 aromatic heterocycles. The van der Waals surface area contributed by atoms with Crippen molar-refractivity contribution < 1.29 is 14.9 Å². The van der Waals surface area contributed by atoms with Gasteiger partial charge in [-0.05, 0) is 31.9 Å². The van der Waals surface area contributed by atoms with Gasteiger partial charge in [0.15, 0.2) is 0 Å². The highest BCUT2D eigenvalue weighted by atomic mass is 16.5. The minimum Gasteiger partial charge on any atom is -0.507 e. The van der Waals surface area contributed by atoms with E-state index in [9.17, 15) is 10.2 Å². The fourth-order valence-electron chi connectivity index (χ4n) is 2.82. The number of hydrogen-bond acceptors (Lipinski definition) is 4. The number of rotatable bonds is 6. The summed E-state index contributed by atoms with van der Waals surface area (Å²) in [6.45, 7) is 3.31. The second-order valence-corrected chi connectivity index (χ2v) is 5.52. The molecular weight excluding hydrogens is 254 g/mol. The summed E-state index contributed by atoms with van der Waals surface area (Å²) in [7, 11) is 0. The zero-order chi connectivity index (χ0) is 14.4. The van der Waals surface area contributed by atoms with Crippen LogP contribution in [0.1, 0.15) is 50.6 Å². The van der Waals surface area contributed by atoms with Gasteiger partial charge >= 0.3 is 0 Å². The van der Waals surface area contributed by atoms with Gasteiger partial charge < -0.3 is 20.3 Å². The molecular formula is C16H25NO3. The molecule has 20 heavy (non-hydrogen) atoms. The first-order valence-electron chi connectivity index (χ1n) is 7.54. The van der Waals surface area contributed by atoms with E-state index in [2.05, 4.69) is 5.32 Å². The summed E-state index contributed by atoms with van der Waals surface area (Å²) >= 11 is 0. The molecule has 1 aromatic rings. The van der Waals surface area contributed by atoms with Crippen LogP contribution in [0.25, 0.3) is 0 Å². The minimum absolute atomic E-state index is 0.105. The number of nitrogens with one attached hydrogen (secondary N) is 1. The van der Waals surface area contributed by atoms with Gasteiger partial charge in [-0.25, -0.2) is 0 Å². The Morgan fingerprint density at radius 2 is 1.85 bits per heavy atom. The number of benzene rings is 1. The lowest BCUT2D eigenvalue weighted by Gasteiger charge is -2.23. The van der Waals surface area contributed by atoms with Crippen molar-refractivity contribution in [3.63, 3.8) is 0 Å². The van der Waals surface area contributed by atoms with Crippen LogP contribution in [-0.4, -0.2) is 29.5 Å². The van der Waals surface area contributed by atoms with Gasteiger partial charge in [0.1, 0.15) is 11.5 Å². The van der Waals surface area contributed by atoms with Crippen molar-refractivity contribution in [2.24, 2.45) is 0 Å². The Morgan fingerprint density at radius 3 is 2.50 bits per heavy atom. The largest absolute Gasteiger partial charge is 0.507 e. The third-order valence-electron chi connectivity index (χ3n) is 3.95. The quantitative estimate of drug-likeness (QED) is 0.700. The number of aromatic hydroxyl groups is 2. The molecule has 1 atom stereocenters. The van der Waals surface area contributed by atoms with E-state index in [1.807, 2.05) is 6.92 Å². The molecule has 0 bridgehead atoms. The predicted molar refractivity (Wildman–Crippen MR) is 79.0 cm³/mol. The summed E-state index contributed by atoms with van der Waals surface area (Å²) in [6, 6.07) is 4.70. The molecule has 1 fully saturated rings. The Kier molecular flexibility index (Phi) is 5.68. The Hall–Kier alpha value is -1.26. The molecule has 0 radical (unpaired) electrons. The van der Waals surface area contributed by atoms with Gasteiger partial charge in [0.2, 0.25) is 0 Å². The second kappa shape index (κ2) is 7.50. The Balaban J connectivity index is 1.73. The molecule has 0 saturated heterocycles. The van der Waals surface area contributed by atoms with E-state index < -0.39 is 0 Å². The number of ether oxygens (including phenoxy) is 1. The van der Waals surface area contributed by atoms with E-state index in [-0.39, 0.29) is 17.5 Å². The standard InChI is InChI=1S/C16H25NO3/c1-12(16-14(18)8-5-9-15(16)19)17-10-11-20-13-6-3-2-4-7-13/h5,8-9,12-13,17-19H,2-4,6-7,10-11H2,1H3. The van der Waals surface area contributed by atoms with Crippen LogP contribution in [0.2, 0.25) is 0 Å². The lowest BCUT2D eigenvalue weighted by Crippen LogP contribution is -2.26. The fraction of sp³-hybridized carbons (Fsp3) is 0.625. The van der Waals surface area contributed by atoms with Crippen molar-refractivity contribution in [2.45, 2.75) is 51.2 Å². The lowest BCUT2D eigenvalue weighted by molar-refractivity contribution is 0.0295. The van der Waals surface area contributed by atoms with Crippen LogP contribution in [-0.2, 0) is 4.74 Å². The van der Waals surface area contributed by atoms with Crippen LogP contribution in [0.5, 0.6) is 11.5 Å². The number of phenols is 2. The van der Waals surface area contributed by atoms with Crippen molar-refractivity contribution in [1.29, 1.82) is 0 Å². The van der Waals surface area contributed by atoms with Crippen LogP contribution in [0.3, 0.4) is 0 Å². The van der Waals surface area contributed by atoms with E-state index in [4.69, 9.17) is 4.74 Å². The summed E-state index contributed by atoms with van der Waals surface area (Å²) in [6.07, 6.45) is 6.66. The average molecular weight is 279 g/mol. The van der Waals surface area contributed by atoms with Crippen LogP contribution in [0.4, 0.5) is 0 Å². The van der Waals surface area contributed by atoms with E-state index in [1.165, 1.54) is 32.1 Å². The van der Waals surface area contributed by atoms with E-state index in [0.29, 0.717) is 24.8 Å². The van der Waals surface area contributed by atoms with Crippen molar-refractivity contribution in [2.75, 3.05) is 13.2 Å². The van der Waals surface area contributed by atoms with Crippen molar-refractivity contribution >= 4 is 0 Å². The van der Waals surface area contributed by atoms with Gasteiger partial charge in [-0.15, -0.1) is 0 Å². The molecule has 4 heteroatoms. The highest BCUT2D eigenvalue weighted by molar-refractivity contribution is 5.44. The smallest absolute Gasteiger partial charge is 0.124 e. The van der Waals surface area contributed by atoms with Gasteiger partial charge in [-0.2, -0.15) is 0 Å².